The lowest BCUT2D eigenvalue weighted by Crippen LogP contribution is -2.39. The molecule has 0 amide bonds. The molecule has 2 aliphatic rings. The third-order valence-electron chi connectivity index (χ3n) is 5.17. The van der Waals surface area contributed by atoms with Crippen LogP contribution in [0.1, 0.15) is 24.8 Å². The van der Waals surface area contributed by atoms with E-state index in [1.807, 2.05) is 24.3 Å². The van der Waals surface area contributed by atoms with Gasteiger partial charge in [0.05, 0.1) is 19.8 Å². The SMILES string of the molecule is CN(CC(=O)OCCc1ccc([SH]2(=O)CCCC2)cc1)C1CCOC1=O. The lowest BCUT2D eigenvalue weighted by Gasteiger charge is -2.19. The summed E-state index contributed by atoms with van der Waals surface area (Å²) in [5, 5.41) is 0. The first kappa shape index (κ1) is 19.0. The smallest absolute Gasteiger partial charge is 0.323 e. The average molecular weight is 381 g/mol. The molecule has 1 atom stereocenters. The maximum Gasteiger partial charge on any atom is 0.323 e. The van der Waals surface area contributed by atoms with Crippen molar-refractivity contribution in [3.63, 3.8) is 0 Å². The molecule has 0 saturated carbocycles. The van der Waals surface area contributed by atoms with Gasteiger partial charge in [0, 0.05) is 29.2 Å². The zero-order valence-electron chi connectivity index (χ0n) is 15.2. The average Bonchev–Trinajstić information content (AvgIpc) is 3.24. The third-order valence-corrected chi connectivity index (χ3v) is 8.48. The fraction of sp³-hybridized carbons (Fsp3) is 0.579. The van der Waals surface area contributed by atoms with E-state index in [2.05, 4.69) is 0 Å². The first-order valence-electron chi connectivity index (χ1n) is 9.18. The number of nitrogens with zero attached hydrogens (tertiary/aromatic N) is 1. The van der Waals surface area contributed by atoms with Crippen LogP contribution in [0.3, 0.4) is 0 Å². The highest BCUT2D eigenvalue weighted by molar-refractivity contribution is 8.03. The number of cyclic esters (lactones) is 1. The molecule has 0 radical (unpaired) electrons. The molecule has 2 heterocycles. The Kier molecular flexibility index (Phi) is 6.09. The number of hydrogen-bond acceptors (Lipinski definition) is 6. The van der Waals surface area contributed by atoms with Gasteiger partial charge in [-0.3, -0.25) is 18.7 Å². The van der Waals surface area contributed by atoms with Crippen molar-refractivity contribution in [2.75, 3.05) is 38.3 Å². The molecule has 0 N–H and O–H groups in total. The summed E-state index contributed by atoms with van der Waals surface area (Å²) in [6.07, 6.45) is 3.34. The first-order valence-corrected chi connectivity index (χ1v) is 11.3. The van der Waals surface area contributed by atoms with Gasteiger partial charge in [0.15, 0.2) is 0 Å². The topological polar surface area (TPSA) is 72.9 Å². The highest BCUT2D eigenvalue weighted by Gasteiger charge is 2.31. The van der Waals surface area contributed by atoms with Crippen LogP contribution in [0.15, 0.2) is 29.2 Å². The van der Waals surface area contributed by atoms with Crippen molar-refractivity contribution in [3.05, 3.63) is 29.8 Å². The standard InChI is InChI=1S/C19H27NO5S/c1-20(17-9-11-25-19(17)22)14-18(21)24-10-8-15-4-6-16(7-5-15)26(23)12-2-3-13-26/h4-7,17,26H,2-3,8-14H2,1H3. The van der Waals surface area contributed by atoms with E-state index >= 15 is 0 Å². The minimum absolute atomic E-state index is 0.0713. The summed E-state index contributed by atoms with van der Waals surface area (Å²) in [7, 11) is -0.420. The summed E-state index contributed by atoms with van der Waals surface area (Å²) in [6.45, 7) is 0.770. The fourth-order valence-electron chi connectivity index (χ4n) is 3.57. The summed E-state index contributed by atoms with van der Waals surface area (Å²) in [5.41, 5.74) is 1.06. The van der Waals surface area contributed by atoms with Gasteiger partial charge in [-0.05, 0) is 37.6 Å². The Morgan fingerprint density at radius 1 is 1.27 bits per heavy atom. The van der Waals surface area contributed by atoms with E-state index < -0.39 is 9.93 Å². The molecule has 7 heteroatoms. The number of esters is 2. The first-order chi connectivity index (χ1) is 12.5. The number of benzene rings is 1. The molecule has 2 aliphatic heterocycles. The lowest BCUT2D eigenvalue weighted by atomic mass is 10.2. The van der Waals surface area contributed by atoms with E-state index in [9.17, 15) is 13.8 Å². The van der Waals surface area contributed by atoms with Crippen molar-refractivity contribution in [3.8, 4) is 0 Å². The zero-order chi connectivity index (χ0) is 18.6. The summed E-state index contributed by atoms with van der Waals surface area (Å²) >= 11 is 0. The molecular weight excluding hydrogens is 354 g/mol. The molecular formula is C19H27NO5S. The van der Waals surface area contributed by atoms with Crippen LogP contribution >= 0.6 is 0 Å². The molecule has 0 spiro atoms. The Morgan fingerprint density at radius 3 is 2.58 bits per heavy atom. The molecule has 26 heavy (non-hydrogen) atoms. The van der Waals surface area contributed by atoms with Gasteiger partial charge in [-0.1, -0.05) is 22.1 Å². The molecule has 0 aromatic heterocycles. The largest absolute Gasteiger partial charge is 0.464 e. The zero-order valence-corrected chi connectivity index (χ0v) is 16.1. The van der Waals surface area contributed by atoms with Crippen molar-refractivity contribution >= 4 is 21.9 Å². The highest BCUT2D eigenvalue weighted by atomic mass is 32.2. The van der Waals surface area contributed by atoms with E-state index in [1.54, 1.807) is 11.9 Å². The van der Waals surface area contributed by atoms with Crippen LogP contribution in [0.5, 0.6) is 0 Å². The van der Waals surface area contributed by atoms with Crippen LogP contribution in [0.2, 0.25) is 0 Å². The monoisotopic (exact) mass is 381 g/mol. The molecule has 2 saturated heterocycles. The van der Waals surface area contributed by atoms with Crippen LogP contribution in [-0.4, -0.2) is 65.4 Å². The third kappa shape index (κ3) is 4.51. The highest BCUT2D eigenvalue weighted by Crippen LogP contribution is 2.28. The van der Waals surface area contributed by atoms with E-state index in [1.165, 1.54) is 0 Å². The maximum absolute atomic E-state index is 12.8. The van der Waals surface area contributed by atoms with Crippen LogP contribution < -0.4 is 0 Å². The normalized spacial score (nSPS) is 23.0. The van der Waals surface area contributed by atoms with Crippen LogP contribution in [0, 0.1) is 0 Å². The number of likely N-dealkylation sites (N-methyl/N-ethyl adjacent to an activating group) is 1. The van der Waals surface area contributed by atoms with Crippen LogP contribution in [0.4, 0.5) is 0 Å². The van der Waals surface area contributed by atoms with Crippen molar-refractivity contribution in [1.29, 1.82) is 0 Å². The van der Waals surface area contributed by atoms with Gasteiger partial charge in [-0.2, -0.15) is 0 Å². The predicted molar refractivity (Wildman–Crippen MR) is 99.9 cm³/mol. The second-order valence-electron chi connectivity index (χ2n) is 7.07. The molecule has 1 aromatic rings. The number of carbonyl (C=O) groups is 2. The summed E-state index contributed by atoms with van der Waals surface area (Å²) in [4.78, 5) is 26.1. The molecule has 1 aromatic carbocycles. The van der Waals surface area contributed by atoms with Crippen molar-refractivity contribution in [2.45, 2.75) is 36.6 Å². The molecule has 1 unspecified atom stereocenters. The Morgan fingerprint density at radius 2 is 1.96 bits per heavy atom. The molecule has 6 nitrogen and oxygen atoms in total. The Bertz CT molecular complexity index is 692. The number of hydrogen-bond donors (Lipinski definition) is 1. The van der Waals surface area contributed by atoms with Crippen molar-refractivity contribution in [2.24, 2.45) is 0 Å². The van der Waals surface area contributed by atoms with Gasteiger partial charge < -0.3 is 9.47 Å². The van der Waals surface area contributed by atoms with Gasteiger partial charge >= 0.3 is 11.9 Å². The van der Waals surface area contributed by atoms with Crippen LogP contribution in [-0.2, 0) is 35.4 Å². The fourth-order valence-corrected chi connectivity index (χ4v) is 6.47. The van der Waals surface area contributed by atoms with Gasteiger partial charge in [0.2, 0.25) is 0 Å². The minimum atomic E-state index is -2.14. The van der Waals surface area contributed by atoms with E-state index in [4.69, 9.17) is 9.47 Å². The Labute approximate surface area is 155 Å². The number of thiol groups is 1. The van der Waals surface area contributed by atoms with Gasteiger partial charge in [0.1, 0.15) is 6.04 Å². The molecule has 144 valence electrons. The van der Waals surface area contributed by atoms with Crippen molar-refractivity contribution < 1.29 is 23.3 Å². The summed E-state index contributed by atoms with van der Waals surface area (Å²) in [6, 6.07) is 7.52. The lowest BCUT2D eigenvalue weighted by molar-refractivity contribution is -0.147. The second kappa shape index (κ2) is 8.31. The van der Waals surface area contributed by atoms with Gasteiger partial charge in [-0.25, -0.2) is 0 Å². The van der Waals surface area contributed by atoms with Crippen LogP contribution in [0.25, 0.3) is 0 Å². The predicted octanol–water partition coefficient (Wildman–Crippen LogP) is 1.19. The van der Waals surface area contributed by atoms with Crippen molar-refractivity contribution in [1.82, 2.24) is 4.90 Å². The van der Waals surface area contributed by atoms with Gasteiger partial charge in [0.25, 0.3) is 0 Å². The Hall–Kier alpha value is -1.73. The minimum Gasteiger partial charge on any atom is -0.464 e. The number of carbonyl (C=O) groups excluding carboxylic acids is 2. The molecule has 0 aliphatic carbocycles. The molecule has 2 fully saturated rings. The summed E-state index contributed by atoms with van der Waals surface area (Å²) in [5.74, 6) is 1.03. The van der Waals surface area contributed by atoms with E-state index in [0.29, 0.717) is 26.1 Å². The number of ether oxygens (including phenoxy) is 2. The quantitative estimate of drug-likeness (QED) is 0.565. The maximum atomic E-state index is 12.8. The molecule has 3 rings (SSSR count). The van der Waals surface area contributed by atoms with E-state index in [0.717, 1.165) is 34.8 Å². The van der Waals surface area contributed by atoms with E-state index in [-0.39, 0.29) is 24.5 Å². The molecule has 0 bridgehead atoms. The number of rotatable bonds is 7. The Balaban J connectivity index is 1.42. The second-order valence-corrected chi connectivity index (χ2v) is 10.3. The summed E-state index contributed by atoms with van der Waals surface area (Å²) < 4.78 is 22.9. The van der Waals surface area contributed by atoms with Gasteiger partial charge in [-0.15, -0.1) is 0 Å².